The first-order valence-corrected chi connectivity index (χ1v) is 6.88. The number of nitro groups is 1. The molecule has 1 aromatic carbocycles. The summed E-state index contributed by atoms with van der Waals surface area (Å²) in [6.07, 6.45) is 2.71. The van der Waals surface area contributed by atoms with Crippen LogP contribution in [-0.2, 0) is 6.54 Å². The lowest BCUT2D eigenvalue weighted by Gasteiger charge is -2.10. The van der Waals surface area contributed by atoms with Crippen molar-refractivity contribution in [2.24, 2.45) is 0 Å². The molecular weight excluding hydrogens is 298 g/mol. The van der Waals surface area contributed by atoms with E-state index in [0.29, 0.717) is 12.1 Å². The number of aryl methyl sites for hydroxylation is 1. The molecule has 2 aromatic heterocycles. The molecule has 3 rings (SSSR count). The predicted molar refractivity (Wildman–Crippen MR) is 84.6 cm³/mol. The van der Waals surface area contributed by atoms with Crippen molar-refractivity contribution >= 4 is 16.6 Å². The van der Waals surface area contributed by atoms with Crippen LogP contribution in [0.4, 0.5) is 5.69 Å². The Hall–Kier alpha value is -3.22. The summed E-state index contributed by atoms with van der Waals surface area (Å²) in [4.78, 5) is 26.0. The van der Waals surface area contributed by atoms with Crippen LogP contribution in [0.2, 0.25) is 0 Å². The van der Waals surface area contributed by atoms with Crippen LogP contribution in [0.5, 0.6) is 5.75 Å². The van der Waals surface area contributed by atoms with Crippen LogP contribution < -0.4 is 5.43 Å². The molecule has 2 heterocycles. The summed E-state index contributed by atoms with van der Waals surface area (Å²) in [7, 11) is 0. The van der Waals surface area contributed by atoms with Crippen LogP contribution in [0.15, 0.2) is 47.5 Å². The summed E-state index contributed by atoms with van der Waals surface area (Å²) >= 11 is 0. The molecule has 23 heavy (non-hydrogen) atoms. The first-order chi connectivity index (χ1) is 11.0. The summed E-state index contributed by atoms with van der Waals surface area (Å²) in [5.74, 6) is 0.0818. The second-order valence-electron chi connectivity index (χ2n) is 5.22. The van der Waals surface area contributed by atoms with Crippen LogP contribution in [0.3, 0.4) is 0 Å². The highest BCUT2D eigenvalue weighted by molar-refractivity contribution is 5.87. The van der Waals surface area contributed by atoms with Crippen molar-refractivity contribution in [3.05, 3.63) is 74.3 Å². The van der Waals surface area contributed by atoms with E-state index in [0.717, 1.165) is 16.6 Å². The van der Waals surface area contributed by atoms with Gasteiger partial charge in [-0.2, -0.15) is 0 Å². The number of nitrogens with zero attached hydrogens (tertiary/aromatic N) is 3. The van der Waals surface area contributed by atoms with Crippen molar-refractivity contribution in [1.82, 2.24) is 9.55 Å². The molecule has 0 saturated heterocycles. The SMILES string of the molecule is Cc1ccc2c(Cn3ccc(=O)c([N+](=O)[O-])c3)ccc(O)c2n1. The molecule has 0 saturated carbocycles. The molecular formula is C16H13N3O4. The van der Waals surface area contributed by atoms with Crippen LogP contribution in [0, 0.1) is 17.0 Å². The zero-order valence-corrected chi connectivity index (χ0v) is 12.3. The van der Waals surface area contributed by atoms with Gasteiger partial charge in [-0.15, -0.1) is 0 Å². The number of benzene rings is 1. The fourth-order valence-corrected chi connectivity index (χ4v) is 2.44. The second kappa shape index (κ2) is 5.53. The quantitative estimate of drug-likeness (QED) is 0.591. The number of aromatic nitrogens is 2. The molecule has 1 N–H and O–H groups in total. The Bertz CT molecular complexity index is 979. The van der Waals surface area contributed by atoms with Gasteiger partial charge in [0.05, 0.1) is 11.1 Å². The Balaban J connectivity index is 2.09. The normalized spacial score (nSPS) is 10.8. The highest BCUT2D eigenvalue weighted by Gasteiger charge is 2.13. The summed E-state index contributed by atoms with van der Waals surface area (Å²) < 4.78 is 1.56. The Morgan fingerprint density at radius 2 is 2.04 bits per heavy atom. The van der Waals surface area contributed by atoms with Gasteiger partial charge in [-0.25, -0.2) is 4.98 Å². The summed E-state index contributed by atoms with van der Waals surface area (Å²) in [6.45, 7) is 2.15. The fourth-order valence-electron chi connectivity index (χ4n) is 2.44. The van der Waals surface area contributed by atoms with Crippen LogP contribution in [0.1, 0.15) is 11.3 Å². The molecule has 0 spiro atoms. The lowest BCUT2D eigenvalue weighted by atomic mass is 10.1. The topological polar surface area (TPSA) is 98.3 Å². The van der Waals surface area contributed by atoms with Gasteiger partial charge in [0.1, 0.15) is 11.3 Å². The lowest BCUT2D eigenvalue weighted by molar-refractivity contribution is -0.386. The lowest BCUT2D eigenvalue weighted by Crippen LogP contribution is -2.11. The Labute approximate surface area is 130 Å². The minimum absolute atomic E-state index is 0.0818. The number of fused-ring (bicyclic) bond motifs is 1. The average Bonchev–Trinajstić information content (AvgIpc) is 2.52. The minimum atomic E-state index is -0.696. The van der Waals surface area contributed by atoms with Gasteiger partial charge in [-0.3, -0.25) is 14.9 Å². The summed E-state index contributed by atoms with van der Waals surface area (Å²) in [6, 6.07) is 8.13. The smallest absolute Gasteiger partial charge is 0.332 e. The van der Waals surface area contributed by atoms with Gasteiger partial charge in [0.15, 0.2) is 0 Å². The Morgan fingerprint density at radius 1 is 1.26 bits per heavy atom. The Morgan fingerprint density at radius 3 is 2.78 bits per heavy atom. The number of phenolic OH excluding ortho intramolecular Hbond substituents is 1. The van der Waals surface area contributed by atoms with Crippen LogP contribution in [-0.4, -0.2) is 19.6 Å². The third kappa shape index (κ3) is 2.76. The molecule has 0 atom stereocenters. The molecule has 0 fully saturated rings. The molecule has 0 bridgehead atoms. The molecule has 0 aliphatic heterocycles. The van der Waals surface area contributed by atoms with Crippen molar-refractivity contribution in [1.29, 1.82) is 0 Å². The van der Waals surface area contributed by atoms with Crippen LogP contribution >= 0.6 is 0 Å². The van der Waals surface area contributed by atoms with E-state index >= 15 is 0 Å². The molecule has 0 amide bonds. The van der Waals surface area contributed by atoms with Crippen LogP contribution in [0.25, 0.3) is 10.9 Å². The molecule has 7 heteroatoms. The van der Waals surface area contributed by atoms with E-state index in [1.807, 2.05) is 19.1 Å². The van der Waals surface area contributed by atoms with E-state index in [9.17, 15) is 20.0 Å². The largest absolute Gasteiger partial charge is 0.506 e. The molecule has 0 radical (unpaired) electrons. The summed E-state index contributed by atoms with van der Waals surface area (Å²) in [5.41, 5.74) is 1.01. The molecule has 3 aromatic rings. The van der Waals surface area contributed by atoms with E-state index < -0.39 is 16.0 Å². The van der Waals surface area contributed by atoms with Gasteiger partial charge in [0, 0.05) is 29.9 Å². The number of phenols is 1. The third-order valence-electron chi connectivity index (χ3n) is 3.57. The maximum Gasteiger partial charge on any atom is 0.332 e. The maximum absolute atomic E-state index is 11.5. The first kappa shape index (κ1) is 14.7. The van der Waals surface area contributed by atoms with Crippen molar-refractivity contribution in [2.75, 3.05) is 0 Å². The predicted octanol–water partition coefficient (Wildman–Crippen LogP) is 2.37. The molecule has 7 nitrogen and oxygen atoms in total. The number of pyridine rings is 2. The van der Waals surface area contributed by atoms with Crippen molar-refractivity contribution in [2.45, 2.75) is 13.5 Å². The number of hydrogen-bond donors (Lipinski definition) is 1. The molecule has 0 aliphatic rings. The third-order valence-corrected chi connectivity index (χ3v) is 3.57. The fraction of sp³-hybridized carbons (Fsp3) is 0.125. The van der Waals surface area contributed by atoms with Crippen molar-refractivity contribution in [3.8, 4) is 5.75 Å². The first-order valence-electron chi connectivity index (χ1n) is 6.88. The van der Waals surface area contributed by atoms with E-state index in [-0.39, 0.29) is 5.75 Å². The monoisotopic (exact) mass is 311 g/mol. The molecule has 0 aliphatic carbocycles. The molecule has 116 valence electrons. The zero-order valence-electron chi connectivity index (χ0n) is 12.3. The zero-order chi connectivity index (χ0) is 16.6. The van der Waals surface area contributed by atoms with Crippen molar-refractivity contribution < 1.29 is 10.0 Å². The number of rotatable bonds is 3. The Kier molecular flexibility index (Phi) is 3.53. The number of aromatic hydroxyl groups is 1. The standard InChI is InChI=1S/C16H13N3O4/c1-10-2-4-12-11(3-5-15(21)16(12)17-10)8-18-7-6-14(20)13(9-18)19(22)23/h2-7,9,21H,8H2,1H3. The highest BCUT2D eigenvalue weighted by atomic mass is 16.6. The maximum atomic E-state index is 11.5. The minimum Gasteiger partial charge on any atom is -0.506 e. The van der Waals surface area contributed by atoms with E-state index in [1.54, 1.807) is 16.7 Å². The van der Waals surface area contributed by atoms with E-state index in [2.05, 4.69) is 4.98 Å². The number of hydrogen-bond acceptors (Lipinski definition) is 5. The van der Waals surface area contributed by atoms with Gasteiger partial charge in [-0.05, 0) is 24.6 Å². The molecule has 0 unspecified atom stereocenters. The van der Waals surface area contributed by atoms with Gasteiger partial charge in [0.2, 0.25) is 0 Å². The van der Waals surface area contributed by atoms with Gasteiger partial charge >= 0.3 is 5.69 Å². The van der Waals surface area contributed by atoms with Gasteiger partial charge < -0.3 is 9.67 Å². The van der Waals surface area contributed by atoms with Gasteiger partial charge in [-0.1, -0.05) is 12.1 Å². The van der Waals surface area contributed by atoms with Gasteiger partial charge in [0.25, 0.3) is 5.43 Å². The highest BCUT2D eigenvalue weighted by Crippen LogP contribution is 2.26. The second-order valence-corrected chi connectivity index (χ2v) is 5.22. The van der Waals surface area contributed by atoms with E-state index in [4.69, 9.17) is 0 Å². The van der Waals surface area contributed by atoms with E-state index in [1.165, 1.54) is 18.5 Å². The summed E-state index contributed by atoms with van der Waals surface area (Å²) in [5, 5.41) is 21.6. The average molecular weight is 311 g/mol. The van der Waals surface area contributed by atoms with Crippen molar-refractivity contribution in [3.63, 3.8) is 0 Å².